The van der Waals surface area contributed by atoms with Crippen molar-refractivity contribution in [1.82, 2.24) is 10.2 Å². The Labute approximate surface area is 86.9 Å². The van der Waals surface area contributed by atoms with Crippen molar-refractivity contribution in [3.8, 4) is 0 Å². The molecule has 0 aliphatic carbocycles. The summed E-state index contributed by atoms with van der Waals surface area (Å²) in [6, 6.07) is 0.396. The maximum atomic E-state index is 11.7. The number of hydrogen-bond acceptors (Lipinski definition) is 2. The Morgan fingerprint density at radius 1 is 1.57 bits per heavy atom. The van der Waals surface area contributed by atoms with Crippen molar-refractivity contribution >= 4 is 5.91 Å². The molecule has 1 aliphatic heterocycles. The Hall–Kier alpha value is -0.570. The topological polar surface area (TPSA) is 32.3 Å². The van der Waals surface area contributed by atoms with E-state index < -0.39 is 0 Å². The van der Waals surface area contributed by atoms with Crippen molar-refractivity contribution in [2.45, 2.75) is 39.2 Å². The SMILES string of the molecule is CNC(C)CN1CCC(C)CCC1=O. The zero-order valence-electron chi connectivity index (χ0n) is 9.55. The minimum atomic E-state index is 0.330. The van der Waals surface area contributed by atoms with E-state index >= 15 is 0 Å². The molecule has 1 amide bonds. The summed E-state index contributed by atoms with van der Waals surface area (Å²) < 4.78 is 0. The predicted molar refractivity (Wildman–Crippen MR) is 58.1 cm³/mol. The summed E-state index contributed by atoms with van der Waals surface area (Å²) in [5.41, 5.74) is 0. The number of likely N-dealkylation sites (tertiary alicyclic amines) is 1. The number of likely N-dealkylation sites (N-methyl/N-ethyl adjacent to an activating group) is 1. The van der Waals surface area contributed by atoms with E-state index in [0.717, 1.165) is 32.4 Å². The molecule has 0 aromatic rings. The van der Waals surface area contributed by atoms with Crippen LogP contribution in [0.15, 0.2) is 0 Å². The van der Waals surface area contributed by atoms with E-state index in [0.29, 0.717) is 17.9 Å². The summed E-state index contributed by atoms with van der Waals surface area (Å²) in [5.74, 6) is 1.03. The van der Waals surface area contributed by atoms with Crippen molar-refractivity contribution in [3.05, 3.63) is 0 Å². The van der Waals surface area contributed by atoms with Crippen molar-refractivity contribution in [3.63, 3.8) is 0 Å². The molecule has 0 bridgehead atoms. The molecule has 82 valence electrons. The van der Waals surface area contributed by atoms with Gasteiger partial charge in [0.05, 0.1) is 0 Å². The van der Waals surface area contributed by atoms with E-state index in [-0.39, 0.29) is 0 Å². The molecular weight excluding hydrogens is 176 g/mol. The maximum absolute atomic E-state index is 11.7. The molecule has 1 saturated heterocycles. The highest BCUT2D eigenvalue weighted by molar-refractivity contribution is 5.76. The van der Waals surface area contributed by atoms with Gasteiger partial charge in [-0.05, 0) is 32.7 Å². The highest BCUT2D eigenvalue weighted by Crippen LogP contribution is 2.17. The van der Waals surface area contributed by atoms with E-state index in [2.05, 4.69) is 19.2 Å². The lowest BCUT2D eigenvalue weighted by Crippen LogP contribution is -2.40. The van der Waals surface area contributed by atoms with E-state index in [4.69, 9.17) is 0 Å². The van der Waals surface area contributed by atoms with Crippen LogP contribution in [0.4, 0.5) is 0 Å². The van der Waals surface area contributed by atoms with Crippen LogP contribution in [0.2, 0.25) is 0 Å². The Morgan fingerprint density at radius 2 is 2.29 bits per heavy atom. The normalized spacial score (nSPS) is 26.1. The molecule has 1 heterocycles. The van der Waals surface area contributed by atoms with Crippen LogP contribution in [0.5, 0.6) is 0 Å². The number of amides is 1. The highest BCUT2D eigenvalue weighted by atomic mass is 16.2. The first-order valence-corrected chi connectivity index (χ1v) is 5.58. The second-order valence-electron chi connectivity index (χ2n) is 4.46. The van der Waals surface area contributed by atoms with E-state index in [9.17, 15) is 4.79 Å². The first kappa shape index (κ1) is 11.5. The van der Waals surface area contributed by atoms with Crippen LogP contribution in [0.1, 0.15) is 33.1 Å². The molecule has 0 radical (unpaired) electrons. The molecule has 1 N–H and O–H groups in total. The number of carbonyl (C=O) groups is 1. The van der Waals surface area contributed by atoms with Gasteiger partial charge in [-0.15, -0.1) is 0 Å². The van der Waals surface area contributed by atoms with E-state index in [1.165, 1.54) is 0 Å². The van der Waals surface area contributed by atoms with Crippen LogP contribution in [-0.2, 0) is 4.79 Å². The van der Waals surface area contributed by atoms with Gasteiger partial charge in [-0.1, -0.05) is 6.92 Å². The van der Waals surface area contributed by atoms with Crippen LogP contribution in [0, 0.1) is 5.92 Å². The second kappa shape index (κ2) is 5.35. The number of nitrogens with one attached hydrogen (secondary N) is 1. The maximum Gasteiger partial charge on any atom is 0.222 e. The lowest BCUT2D eigenvalue weighted by molar-refractivity contribution is -0.131. The zero-order valence-corrected chi connectivity index (χ0v) is 9.55. The zero-order chi connectivity index (χ0) is 10.6. The lowest BCUT2D eigenvalue weighted by Gasteiger charge is -2.24. The van der Waals surface area contributed by atoms with Crippen molar-refractivity contribution in [2.24, 2.45) is 5.92 Å². The van der Waals surface area contributed by atoms with Crippen LogP contribution >= 0.6 is 0 Å². The van der Waals surface area contributed by atoms with Crippen LogP contribution in [0.3, 0.4) is 0 Å². The highest BCUT2D eigenvalue weighted by Gasteiger charge is 2.20. The third-order valence-electron chi connectivity index (χ3n) is 3.08. The molecule has 0 spiro atoms. The van der Waals surface area contributed by atoms with Gasteiger partial charge in [0.15, 0.2) is 0 Å². The molecule has 1 fully saturated rings. The molecule has 2 atom stereocenters. The Kier molecular flexibility index (Phi) is 4.39. The predicted octanol–water partition coefficient (Wildman–Crippen LogP) is 1.24. The standard InChI is InChI=1S/C11H22N2O/c1-9-4-5-11(14)13(7-6-9)8-10(2)12-3/h9-10,12H,4-8H2,1-3H3. The van der Waals surface area contributed by atoms with Gasteiger partial charge in [-0.3, -0.25) is 4.79 Å². The lowest BCUT2D eigenvalue weighted by atomic mass is 10.0. The molecule has 3 nitrogen and oxygen atoms in total. The smallest absolute Gasteiger partial charge is 0.222 e. The Bertz CT molecular complexity index is 194. The molecule has 1 rings (SSSR count). The molecular formula is C11H22N2O. The average molecular weight is 198 g/mol. The van der Waals surface area contributed by atoms with Gasteiger partial charge >= 0.3 is 0 Å². The van der Waals surface area contributed by atoms with Crippen LogP contribution in [0.25, 0.3) is 0 Å². The fraction of sp³-hybridized carbons (Fsp3) is 0.909. The van der Waals surface area contributed by atoms with Gasteiger partial charge in [0.2, 0.25) is 5.91 Å². The van der Waals surface area contributed by atoms with Crippen LogP contribution in [-0.4, -0.2) is 37.0 Å². The molecule has 0 saturated carbocycles. The van der Waals surface area contributed by atoms with E-state index in [1.807, 2.05) is 11.9 Å². The largest absolute Gasteiger partial charge is 0.341 e. The fourth-order valence-electron chi connectivity index (χ4n) is 1.79. The average Bonchev–Trinajstić information content (AvgIpc) is 2.33. The minimum absolute atomic E-state index is 0.330. The number of hydrogen-bond donors (Lipinski definition) is 1. The van der Waals surface area contributed by atoms with Crippen molar-refractivity contribution in [1.29, 1.82) is 0 Å². The van der Waals surface area contributed by atoms with Gasteiger partial charge < -0.3 is 10.2 Å². The van der Waals surface area contributed by atoms with Gasteiger partial charge in [-0.25, -0.2) is 0 Å². The third kappa shape index (κ3) is 3.29. The summed E-state index contributed by atoms with van der Waals surface area (Å²) in [6.45, 7) is 6.13. The van der Waals surface area contributed by atoms with E-state index in [1.54, 1.807) is 0 Å². The van der Waals surface area contributed by atoms with Crippen LogP contribution < -0.4 is 5.32 Å². The van der Waals surface area contributed by atoms with Crippen molar-refractivity contribution in [2.75, 3.05) is 20.1 Å². The Balaban J connectivity index is 2.45. The minimum Gasteiger partial charge on any atom is -0.341 e. The second-order valence-corrected chi connectivity index (χ2v) is 4.46. The molecule has 3 heteroatoms. The summed E-state index contributed by atoms with van der Waals surface area (Å²) >= 11 is 0. The van der Waals surface area contributed by atoms with Gasteiger partial charge in [0.1, 0.15) is 0 Å². The molecule has 1 aliphatic rings. The Morgan fingerprint density at radius 3 is 2.93 bits per heavy atom. The first-order valence-electron chi connectivity index (χ1n) is 5.58. The third-order valence-corrected chi connectivity index (χ3v) is 3.08. The molecule has 14 heavy (non-hydrogen) atoms. The molecule has 0 aromatic carbocycles. The monoisotopic (exact) mass is 198 g/mol. The van der Waals surface area contributed by atoms with Gasteiger partial charge in [0.25, 0.3) is 0 Å². The summed E-state index contributed by atoms with van der Waals surface area (Å²) in [4.78, 5) is 13.7. The summed E-state index contributed by atoms with van der Waals surface area (Å²) in [6.07, 6.45) is 2.95. The quantitative estimate of drug-likeness (QED) is 0.740. The summed E-state index contributed by atoms with van der Waals surface area (Å²) in [7, 11) is 1.94. The summed E-state index contributed by atoms with van der Waals surface area (Å²) in [5, 5.41) is 3.17. The molecule has 2 unspecified atom stereocenters. The van der Waals surface area contributed by atoms with Crippen molar-refractivity contribution < 1.29 is 4.79 Å². The number of carbonyl (C=O) groups excluding carboxylic acids is 1. The number of rotatable bonds is 3. The van der Waals surface area contributed by atoms with Gasteiger partial charge in [0, 0.05) is 25.6 Å². The number of nitrogens with zero attached hydrogens (tertiary/aromatic N) is 1. The fourth-order valence-corrected chi connectivity index (χ4v) is 1.79. The van der Waals surface area contributed by atoms with Gasteiger partial charge in [-0.2, -0.15) is 0 Å². The molecule has 0 aromatic heterocycles. The first-order chi connectivity index (χ1) is 6.63.